The summed E-state index contributed by atoms with van der Waals surface area (Å²) in [5.41, 5.74) is 0.758. The van der Waals surface area contributed by atoms with E-state index in [0.29, 0.717) is 31.3 Å². The van der Waals surface area contributed by atoms with Crippen LogP contribution in [0.4, 0.5) is 5.69 Å². The number of hydrogen-bond donors (Lipinski definition) is 2. The molecule has 1 aliphatic rings. The van der Waals surface area contributed by atoms with Gasteiger partial charge in [0.2, 0.25) is 0 Å². The number of carbonyl (C=O) groups excluding carboxylic acids is 1. The van der Waals surface area contributed by atoms with Crippen molar-refractivity contribution in [3.63, 3.8) is 0 Å². The minimum absolute atomic E-state index is 0.0588. The Kier molecular flexibility index (Phi) is 6.52. The van der Waals surface area contributed by atoms with E-state index in [-0.39, 0.29) is 5.91 Å². The fourth-order valence-corrected chi connectivity index (χ4v) is 2.79. The van der Waals surface area contributed by atoms with Crippen LogP contribution >= 0.6 is 0 Å². The van der Waals surface area contributed by atoms with Crippen LogP contribution in [0.1, 0.15) is 33.1 Å². The maximum Gasteiger partial charge on any atom is 0.279 e. The molecule has 1 saturated heterocycles. The first-order valence-corrected chi connectivity index (χ1v) is 8.26. The smallest absolute Gasteiger partial charge is 0.279 e. The van der Waals surface area contributed by atoms with Crippen LogP contribution < -0.4 is 19.7 Å². The molecule has 122 valence electrons. The van der Waals surface area contributed by atoms with Gasteiger partial charge in [0.1, 0.15) is 0 Å². The molecule has 0 aromatic heterocycles. The fraction of sp³-hybridized carbons (Fsp3) is 0.588. The lowest BCUT2D eigenvalue weighted by molar-refractivity contribution is -0.896. The van der Waals surface area contributed by atoms with Crippen molar-refractivity contribution in [2.45, 2.75) is 33.1 Å². The molecular weight excluding hydrogens is 280 g/mol. The topological polar surface area (TPSA) is 52.0 Å². The summed E-state index contributed by atoms with van der Waals surface area (Å²) in [4.78, 5) is 13.5. The second kappa shape index (κ2) is 8.63. The second-order valence-electron chi connectivity index (χ2n) is 5.56. The van der Waals surface area contributed by atoms with Gasteiger partial charge in [0.15, 0.2) is 18.0 Å². The molecule has 1 heterocycles. The van der Waals surface area contributed by atoms with Crippen LogP contribution in [0.5, 0.6) is 11.5 Å². The zero-order valence-corrected chi connectivity index (χ0v) is 13.6. The highest BCUT2D eigenvalue weighted by molar-refractivity contribution is 5.91. The van der Waals surface area contributed by atoms with Gasteiger partial charge in [-0.25, -0.2) is 0 Å². The summed E-state index contributed by atoms with van der Waals surface area (Å²) >= 11 is 0. The van der Waals surface area contributed by atoms with Crippen LogP contribution in [-0.4, -0.2) is 38.8 Å². The summed E-state index contributed by atoms with van der Waals surface area (Å²) in [6.45, 7) is 7.76. The van der Waals surface area contributed by atoms with Crippen molar-refractivity contribution in [1.82, 2.24) is 0 Å². The van der Waals surface area contributed by atoms with Crippen molar-refractivity contribution in [1.29, 1.82) is 0 Å². The second-order valence-corrected chi connectivity index (χ2v) is 5.56. The minimum atomic E-state index is 0.0588. The van der Waals surface area contributed by atoms with Gasteiger partial charge in [-0.15, -0.1) is 0 Å². The van der Waals surface area contributed by atoms with Crippen LogP contribution in [0.3, 0.4) is 0 Å². The number of nitrogens with one attached hydrogen (secondary N) is 2. The lowest BCUT2D eigenvalue weighted by Crippen LogP contribution is -3.13. The lowest BCUT2D eigenvalue weighted by Gasteiger charge is -2.22. The number of rotatable bonds is 7. The quantitative estimate of drug-likeness (QED) is 0.802. The molecule has 1 fully saturated rings. The van der Waals surface area contributed by atoms with Gasteiger partial charge >= 0.3 is 0 Å². The first-order valence-electron chi connectivity index (χ1n) is 8.26. The highest BCUT2D eigenvalue weighted by Gasteiger charge is 2.17. The normalized spacial score (nSPS) is 15.4. The zero-order valence-electron chi connectivity index (χ0n) is 13.6. The largest absolute Gasteiger partial charge is 0.490 e. The van der Waals surface area contributed by atoms with E-state index in [1.165, 1.54) is 24.2 Å². The van der Waals surface area contributed by atoms with Crippen LogP contribution in [0, 0.1) is 0 Å². The number of likely N-dealkylation sites (tertiary alicyclic amines) is 1. The molecule has 2 N–H and O–H groups in total. The Morgan fingerprint density at radius 1 is 1.09 bits per heavy atom. The molecule has 0 saturated carbocycles. The molecule has 0 spiro atoms. The van der Waals surface area contributed by atoms with E-state index in [2.05, 4.69) is 5.32 Å². The Bertz CT molecular complexity index is 485. The predicted molar refractivity (Wildman–Crippen MR) is 86.8 cm³/mol. The Balaban J connectivity index is 1.95. The van der Waals surface area contributed by atoms with Crippen molar-refractivity contribution in [3.8, 4) is 11.5 Å². The molecular formula is C17H27N2O3+. The molecule has 0 aliphatic carbocycles. The van der Waals surface area contributed by atoms with Gasteiger partial charge in [-0.05, 0) is 45.2 Å². The molecule has 1 aliphatic heterocycles. The van der Waals surface area contributed by atoms with Crippen molar-refractivity contribution in [2.75, 3.05) is 38.2 Å². The van der Waals surface area contributed by atoms with Gasteiger partial charge in [0.25, 0.3) is 5.91 Å². The van der Waals surface area contributed by atoms with Gasteiger partial charge in [-0.3, -0.25) is 4.79 Å². The van der Waals surface area contributed by atoms with E-state index in [4.69, 9.17) is 9.47 Å². The highest BCUT2D eigenvalue weighted by Crippen LogP contribution is 2.30. The van der Waals surface area contributed by atoms with Crippen molar-refractivity contribution >= 4 is 11.6 Å². The minimum Gasteiger partial charge on any atom is -0.490 e. The van der Waals surface area contributed by atoms with Crippen LogP contribution in [0.25, 0.3) is 0 Å². The monoisotopic (exact) mass is 307 g/mol. The third kappa shape index (κ3) is 4.91. The third-order valence-corrected chi connectivity index (χ3v) is 3.80. The number of piperidine rings is 1. The molecule has 0 atom stereocenters. The van der Waals surface area contributed by atoms with Crippen molar-refractivity contribution in [3.05, 3.63) is 18.2 Å². The summed E-state index contributed by atoms with van der Waals surface area (Å²) in [5, 5.41) is 2.96. The number of carbonyl (C=O) groups is 1. The van der Waals surface area contributed by atoms with Crippen molar-refractivity contribution < 1.29 is 19.2 Å². The summed E-state index contributed by atoms with van der Waals surface area (Å²) in [5.74, 6) is 1.44. The number of benzene rings is 1. The molecule has 0 radical (unpaired) electrons. The Morgan fingerprint density at radius 3 is 2.45 bits per heavy atom. The Morgan fingerprint density at radius 2 is 1.77 bits per heavy atom. The fourth-order valence-electron chi connectivity index (χ4n) is 2.79. The maximum absolute atomic E-state index is 12.2. The zero-order chi connectivity index (χ0) is 15.8. The van der Waals surface area contributed by atoms with Gasteiger partial charge in [-0.2, -0.15) is 0 Å². The van der Waals surface area contributed by atoms with E-state index in [0.717, 1.165) is 18.8 Å². The van der Waals surface area contributed by atoms with Gasteiger partial charge in [0, 0.05) is 11.8 Å². The SMILES string of the molecule is CCOc1ccc(NC(=O)C[NH+]2CCCCC2)cc1OCC. The average molecular weight is 307 g/mol. The molecule has 2 rings (SSSR count). The molecule has 5 heteroatoms. The molecule has 5 nitrogen and oxygen atoms in total. The first-order chi connectivity index (χ1) is 10.7. The maximum atomic E-state index is 12.2. The van der Waals surface area contributed by atoms with Crippen LogP contribution in [0.15, 0.2) is 18.2 Å². The van der Waals surface area contributed by atoms with Crippen LogP contribution in [-0.2, 0) is 4.79 Å². The molecule has 0 bridgehead atoms. The number of anilines is 1. The number of hydrogen-bond acceptors (Lipinski definition) is 3. The van der Waals surface area contributed by atoms with E-state index < -0.39 is 0 Å². The van der Waals surface area contributed by atoms with Gasteiger partial charge in [-0.1, -0.05) is 0 Å². The highest BCUT2D eigenvalue weighted by atomic mass is 16.5. The number of quaternary nitrogens is 1. The Labute approximate surface area is 132 Å². The predicted octanol–water partition coefficient (Wildman–Crippen LogP) is 1.49. The van der Waals surface area contributed by atoms with Gasteiger partial charge < -0.3 is 19.7 Å². The molecule has 1 amide bonds. The first kappa shape index (κ1) is 16.6. The summed E-state index contributed by atoms with van der Waals surface area (Å²) < 4.78 is 11.1. The number of amides is 1. The molecule has 1 aromatic rings. The number of ether oxygens (including phenoxy) is 2. The summed E-state index contributed by atoms with van der Waals surface area (Å²) in [6.07, 6.45) is 3.74. The molecule has 1 aromatic carbocycles. The van der Waals surface area contributed by atoms with Crippen molar-refractivity contribution in [2.24, 2.45) is 0 Å². The molecule has 0 unspecified atom stereocenters. The third-order valence-electron chi connectivity index (χ3n) is 3.80. The standard InChI is InChI=1S/C17H26N2O3/c1-3-21-15-9-8-14(12-16(15)22-4-2)18-17(20)13-19-10-6-5-7-11-19/h8-9,12H,3-7,10-11,13H2,1-2H3,(H,18,20)/p+1. The van der Waals surface area contributed by atoms with E-state index >= 15 is 0 Å². The molecule has 22 heavy (non-hydrogen) atoms. The Hall–Kier alpha value is -1.75. The lowest BCUT2D eigenvalue weighted by atomic mass is 10.1. The summed E-state index contributed by atoms with van der Waals surface area (Å²) in [6, 6.07) is 5.53. The van der Waals surface area contributed by atoms with Gasteiger partial charge in [0.05, 0.1) is 26.3 Å². The average Bonchev–Trinajstić information content (AvgIpc) is 2.51. The van der Waals surface area contributed by atoms with E-state index in [1.807, 2.05) is 32.0 Å². The van der Waals surface area contributed by atoms with E-state index in [9.17, 15) is 4.79 Å². The summed E-state index contributed by atoms with van der Waals surface area (Å²) in [7, 11) is 0. The van der Waals surface area contributed by atoms with E-state index in [1.54, 1.807) is 0 Å². The van der Waals surface area contributed by atoms with Crippen LogP contribution in [0.2, 0.25) is 0 Å².